The molecule has 1 heterocycles. The molecule has 0 saturated heterocycles. The zero-order valence-corrected chi connectivity index (χ0v) is 9.90. The van der Waals surface area contributed by atoms with Crippen LogP contribution in [0.2, 0.25) is 5.02 Å². The summed E-state index contributed by atoms with van der Waals surface area (Å²) >= 11 is 5.93. The summed E-state index contributed by atoms with van der Waals surface area (Å²) in [5.41, 5.74) is 7.05. The number of carbonyl (C=O) groups excluding carboxylic acids is 1. The van der Waals surface area contributed by atoms with Gasteiger partial charge in [0.2, 0.25) is 0 Å². The number of hydrogen-bond acceptors (Lipinski definition) is 3. The molecular formula is C11H11ClN4O. The highest BCUT2D eigenvalue weighted by Gasteiger charge is 2.11. The standard InChI is InChI=1S/C11H11ClN4O/c1-16-6-8(5-14-16)15-11(17)9-4-7(13)2-3-10(9)12/h2-6H,13H2,1H3,(H,15,17). The molecule has 1 aromatic carbocycles. The Morgan fingerprint density at radius 3 is 2.94 bits per heavy atom. The molecule has 6 heteroatoms. The van der Waals surface area contributed by atoms with Crippen molar-refractivity contribution in [3.63, 3.8) is 0 Å². The molecule has 2 aromatic rings. The van der Waals surface area contributed by atoms with Gasteiger partial charge in [-0.05, 0) is 18.2 Å². The number of carbonyl (C=O) groups is 1. The molecule has 0 fully saturated rings. The highest BCUT2D eigenvalue weighted by atomic mass is 35.5. The molecule has 2 rings (SSSR count). The fourth-order valence-electron chi connectivity index (χ4n) is 1.40. The maximum atomic E-state index is 11.9. The average molecular weight is 251 g/mol. The van der Waals surface area contributed by atoms with E-state index in [9.17, 15) is 4.79 Å². The molecule has 17 heavy (non-hydrogen) atoms. The van der Waals surface area contributed by atoms with Gasteiger partial charge in [0.1, 0.15) is 0 Å². The van der Waals surface area contributed by atoms with Crippen LogP contribution in [0.15, 0.2) is 30.6 Å². The minimum atomic E-state index is -0.310. The molecule has 0 saturated carbocycles. The lowest BCUT2D eigenvalue weighted by Gasteiger charge is -2.05. The first-order valence-electron chi connectivity index (χ1n) is 4.91. The van der Waals surface area contributed by atoms with Crippen LogP contribution in [0.5, 0.6) is 0 Å². The predicted octanol–water partition coefficient (Wildman–Crippen LogP) is 1.91. The molecule has 0 unspecified atom stereocenters. The van der Waals surface area contributed by atoms with Crippen molar-refractivity contribution in [2.75, 3.05) is 11.1 Å². The maximum Gasteiger partial charge on any atom is 0.257 e. The highest BCUT2D eigenvalue weighted by Crippen LogP contribution is 2.20. The number of aromatic nitrogens is 2. The molecule has 3 N–H and O–H groups in total. The van der Waals surface area contributed by atoms with Crippen LogP contribution < -0.4 is 11.1 Å². The van der Waals surface area contributed by atoms with E-state index in [-0.39, 0.29) is 5.91 Å². The van der Waals surface area contributed by atoms with Crippen molar-refractivity contribution >= 4 is 28.9 Å². The number of nitrogens with one attached hydrogen (secondary N) is 1. The molecule has 0 aliphatic rings. The van der Waals surface area contributed by atoms with E-state index in [0.717, 1.165) is 0 Å². The molecule has 1 amide bonds. The van der Waals surface area contributed by atoms with Crippen molar-refractivity contribution in [3.8, 4) is 0 Å². The van der Waals surface area contributed by atoms with E-state index in [4.69, 9.17) is 17.3 Å². The number of benzene rings is 1. The summed E-state index contributed by atoms with van der Waals surface area (Å²) in [6.07, 6.45) is 3.25. The Bertz CT molecular complexity index is 564. The Morgan fingerprint density at radius 1 is 1.53 bits per heavy atom. The van der Waals surface area contributed by atoms with E-state index in [1.54, 1.807) is 36.3 Å². The summed E-state index contributed by atoms with van der Waals surface area (Å²) in [5.74, 6) is -0.310. The van der Waals surface area contributed by atoms with Crippen molar-refractivity contribution < 1.29 is 4.79 Å². The fourth-order valence-corrected chi connectivity index (χ4v) is 1.60. The molecule has 0 aliphatic heterocycles. The number of halogens is 1. The Balaban J connectivity index is 2.22. The summed E-state index contributed by atoms with van der Waals surface area (Å²) in [7, 11) is 1.77. The Kier molecular flexibility index (Phi) is 3.01. The van der Waals surface area contributed by atoms with Crippen LogP contribution >= 0.6 is 11.6 Å². The smallest absolute Gasteiger partial charge is 0.257 e. The number of anilines is 2. The van der Waals surface area contributed by atoms with Crippen LogP contribution in [0.3, 0.4) is 0 Å². The molecular weight excluding hydrogens is 240 g/mol. The van der Waals surface area contributed by atoms with Crippen LogP contribution in [0.1, 0.15) is 10.4 Å². The molecule has 0 radical (unpaired) electrons. The lowest BCUT2D eigenvalue weighted by molar-refractivity contribution is 0.102. The van der Waals surface area contributed by atoms with Gasteiger partial charge in [0, 0.05) is 18.9 Å². The first-order chi connectivity index (χ1) is 8.06. The number of rotatable bonds is 2. The number of nitrogen functional groups attached to an aromatic ring is 1. The molecule has 1 aromatic heterocycles. The number of nitrogens with two attached hydrogens (primary N) is 1. The average Bonchev–Trinajstić information content (AvgIpc) is 2.67. The van der Waals surface area contributed by atoms with E-state index in [0.29, 0.717) is 22.0 Å². The van der Waals surface area contributed by atoms with E-state index in [1.807, 2.05) is 0 Å². The summed E-state index contributed by atoms with van der Waals surface area (Å²) in [6.45, 7) is 0. The highest BCUT2D eigenvalue weighted by molar-refractivity contribution is 6.34. The van der Waals surface area contributed by atoms with Gasteiger partial charge < -0.3 is 11.1 Å². The summed E-state index contributed by atoms with van der Waals surface area (Å²) in [6, 6.07) is 4.77. The lowest BCUT2D eigenvalue weighted by atomic mass is 10.2. The second-order valence-electron chi connectivity index (χ2n) is 3.60. The van der Waals surface area contributed by atoms with E-state index in [2.05, 4.69) is 10.4 Å². The van der Waals surface area contributed by atoms with Crippen molar-refractivity contribution in [3.05, 3.63) is 41.2 Å². The summed E-state index contributed by atoms with van der Waals surface area (Å²) < 4.78 is 1.59. The van der Waals surface area contributed by atoms with Gasteiger partial charge in [0.15, 0.2) is 0 Å². The quantitative estimate of drug-likeness (QED) is 0.800. The maximum absolute atomic E-state index is 11.9. The van der Waals surface area contributed by atoms with E-state index >= 15 is 0 Å². The van der Waals surface area contributed by atoms with Gasteiger partial charge >= 0.3 is 0 Å². The van der Waals surface area contributed by atoms with Gasteiger partial charge in [0.05, 0.1) is 22.5 Å². The molecule has 0 atom stereocenters. The third kappa shape index (κ3) is 2.57. The fraction of sp³-hybridized carbons (Fsp3) is 0.0909. The van der Waals surface area contributed by atoms with Crippen LogP contribution in [0.25, 0.3) is 0 Å². The third-order valence-electron chi connectivity index (χ3n) is 2.20. The Hall–Kier alpha value is -2.01. The molecule has 0 aliphatic carbocycles. The van der Waals surface area contributed by atoms with E-state index in [1.165, 1.54) is 6.07 Å². The molecule has 0 bridgehead atoms. The first kappa shape index (κ1) is 11.5. The topological polar surface area (TPSA) is 72.9 Å². The molecule has 0 spiro atoms. The molecule has 88 valence electrons. The lowest BCUT2D eigenvalue weighted by Crippen LogP contribution is -2.12. The van der Waals surface area contributed by atoms with Gasteiger partial charge in [-0.3, -0.25) is 9.48 Å². The van der Waals surface area contributed by atoms with E-state index < -0.39 is 0 Å². The van der Waals surface area contributed by atoms with Gasteiger partial charge in [-0.25, -0.2) is 0 Å². The number of hydrogen-bond donors (Lipinski definition) is 2. The zero-order valence-electron chi connectivity index (χ0n) is 9.14. The summed E-state index contributed by atoms with van der Waals surface area (Å²) in [5, 5.41) is 6.99. The van der Waals surface area contributed by atoms with Crippen molar-refractivity contribution in [1.29, 1.82) is 0 Å². The minimum Gasteiger partial charge on any atom is -0.399 e. The van der Waals surface area contributed by atoms with Crippen LogP contribution in [0, 0.1) is 0 Å². The SMILES string of the molecule is Cn1cc(NC(=O)c2cc(N)ccc2Cl)cn1. The molecule has 5 nitrogen and oxygen atoms in total. The van der Waals surface area contributed by atoms with Crippen molar-refractivity contribution in [1.82, 2.24) is 9.78 Å². The van der Waals surface area contributed by atoms with Crippen LogP contribution in [0.4, 0.5) is 11.4 Å². The Labute approximate surface area is 103 Å². The Morgan fingerprint density at radius 2 is 2.29 bits per heavy atom. The minimum absolute atomic E-state index is 0.310. The van der Waals surface area contributed by atoms with Gasteiger partial charge in [-0.1, -0.05) is 11.6 Å². The third-order valence-corrected chi connectivity index (χ3v) is 2.53. The zero-order chi connectivity index (χ0) is 12.4. The number of nitrogens with zero attached hydrogens (tertiary/aromatic N) is 2. The number of amides is 1. The first-order valence-corrected chi connectivity index (χ1v) is 5.29. The normalized spacial score (nSPS) is 10.2. The second-order valence-corrected chi connectivity index (χ2v) is 4.00. The predicted molar refractivity (Wildman–Crippen MR) is 67.0 cm³/mol. The van der Waals surface area contributed by atoms with Crippen LogP contribution in [-0.4, -0.2) is 15.7 Å². The van der Waals surface area contributed by atoms with Crippen molar-refractivity contribution in [2.45, 2.75) is 0 Å². The van der Waals surface area contributed by atoms with Gasteiger partial charge in [-0.15, -0.1) is 0 Å². The second kappa shape index (κ2) is 4.47. The van der Waals surface area contributed by atoms with Gasteiger partial charge in [-0.2, -0.15) is 5.10 Å². The van der Waals surface area contributed by atoms with Crippen molar-refractivity contribution in [2.24, 2.45) is 7.05 Å². The summed E-state index contributed by atoms with van der Waals surface area (Å²) in [4.78, 5) is 11.9. The monoisotopic (exact) mass is 250 g/mol. The number of aryl methyl sites for hydroxylation is 1. The van der Waals surface area contributed by atoms with Crippen LogP contribution in [-0.2, 0) is 7.05 Å². The largest absolute Gasteiger partial charge is 0.399 e. The van der Waals surface area contributed by atoms with Gasteiger partial charge in [0.25, 0.3) is 5.91 Å².